The highest BCUT2D eigenvalue weighted by Gasteiger charge is 2.24. The van der Waals surface area contributed by atoms with Crippen LogP contribution in [0.1, 0.15) is 5.56 Å². The van der Waals surface area contributed by atoms with Gasteiger partial charge in [-0.25, -0.2) is 4.98 Å². The third-order valence-corrected chi connectivity index (χ3v) is 5.16. The van der Waals surface area contributed by atoms with Crippen LogP contribution < -0.4 is 5.56 Å². The maximum absolute atomic E-state index is 13.5. The summed E-state index contributed by atoms with van der Waals surface area (Å²) in [5.41, 5.74) is 1.17. The van der Waals surface area contributed by atoms with Crippen LogP contribution in [0.5, 0.6) is 0 Å². The molecule has 3 aromatic carbocycles. The van der Waals surface area contributed by atoms with Gasteiger partial charge in [-0.15, -0.1) is 0 Å². The summed E-state index contributed by atoms with van der Waals surface area (Å²) in [6.07, 6.45) is 3.39. The first-order chi connectivity index (χ1) is 15.4. The molecule has 4 rings (SSSR count). The van der Waals surface area contributed by atoms with Crippen molar-refractivity contribution in [3.8, 4) is 17.1 Å². The molecule has 0 atom stereocenters. The lowest BCUT2D eigenvalue weighted by Gasteiger charge is -2.15. The van der Waals surface area contributed by atoms with Crippen molar-refractivity contribution in [2.24, 2.45) is 0 Å². The Balaban J connectivity index is 2.10. The molecule has 7 nitrogen and oxygen atoms in total. The van der Waals surface area contributed by atoms with E-state index in [0.29, 0.717) is 27.2 Å². The van der Waals surface area contributed by atoms with Crippen LogP contribution >= 0.6 is 11.6 Å². The molecule has 8 heteroatoms. The van der Waals surface area contributed by atoms with Crippen molar-refractivity contribution in [2.75, 3.05) is 14.1 Å². The van der Waals surface area contributed by atoms with E-state index in [-0.39, 0.29) is 22.6 Å². The van der Waals surface area contributed by atoms with Crippen LogP contribution in [0.2, 0.25) is 5.02 Å². The number of fused-ring (bicyclic) bond motifs is 1. The Hall–Kier alpha value is -3.97. The maximum Gasteiger partial charge on any atom is 0.287 e. The number of nitro groups is 1. The van der Waals surface area contributed by atoms with Gasteiger partial charge in [-0.05, 0) is 60.8 Å². The molecule has 0 aliphatic carbocycles. The molecule has 0 unspecified atom stereocenters. The molecular formula is C24H19ClN4O3. The number of nitro benzene ring substituents is 1. The molecule has 4 aromatic rings. The predicted molar refractivity (Wildman–Crippen MR) is 127 cm³/mol. The number of hydrogen-bond donors (Lipinski definition) is 0. The van der Waals surface area contributed by atoms with E-state index in [9.17, 15) is 14.9 Å². The molecule has 0 bridgehead atoms. The van der Waals surface area contributed by atoms with Crippen molar-refractivity contribution < 1.29 is 4.92 Å². The molecule has 0 amide bonds. The summed E-state index contributed by atoms with van der Waals surface area (Å²) in [5.74, 6) is 0.183. The predicted octanol–water partition coefficient (Wildman–Crippen LogP) is 5.15. The van der Waals surface area contributed by atoms with Crippen LogP contribution in [0.25, 0.3) is 34.1 Å². The minimum absolute atomic E-state index is 0.129. The van der Waals surface area contributed by atoms with Gasteiger partial charge < -0.3 is 4.90 Å². The lowest BCUT2D eigenvalue weighted by molar-refractivity contribution is -0.384. The lowest BCUT2D eigenvalue weighted by Crippen LogP contribution is -2.22. The van der Waals surface area contributed by atoms with E-state index in [0.717, 1.165) is 0 Å². The molecule has 0 saturated heterocycles. The second-order valence-electron chi connectivity index (χ2n) is 7.35. The number of benzene rings is 3. The van der Waals surface area contributed by atoms with Crippen LogP contribution in [0.3, 0.4) is 0 Å². The quantitative estimate of drug-likeness (QED) is 0.313. The molecule has 1 heterocycles. The number of nitrogens with zero attached hydrogens (tertiary/aromatic N) is 4. The summed E-state index contributed by atoms with van der Waals surface area (Å²) in [6, 6.07) is 18.6. The second-order valence-corrected chi connectivity index (χ2v) is 7.79. The van der Waals surface area contributed by atoms with Crippen molar-refractivity contribution in [3.63, 3.8) is 0 Å². The van der Waals surface area contributed by atoms with Gasteiger partial charge in [-0.1, -0.05) is 29.8 Å². The normalized spacial score (nSPS) is 11.2. The average molecular weight is 447 g/mol. The van der Waals surface area contributed by atoms with Crippen LogP contribution in [-0.4, -0.2) is 33.5 Å². The monoisotopic (exact) mass is 446 g/mol. The van der Waals surface area contributed by atoms with Crippen molar-refractivity contribution >= 4 is 34.3 Å². The average Bonchev–Trinajstić information content (AvgIpc) is 2.78. The highest BCUT2D eigenvalue weighted by molar-refractivity contribution is 6.30. The van der Waals surface area contributed by atoms with E-state index in [1.54, 1.807) is 83.9 Å². The van der Waals surface area contributed by atoms with Crippen molar-refractivity contribution in [2.45, 2.75) is 0 Å². The van der Waals surface area contributed by atoms with Crippen LogP contribution in [-0.2, 0) is 0 Å². The zero-order valence-corrected chi connectivity index (χ0v) is 18.2. The zero-order valence-electron chi connectivity index (χ0n) is 17.4. The van der Waals surface area contributed by atoms with E-state index in [1.165, 1.54) is 4.57 Å². The molecule has 0 saturated carbocycles. The Morgan fingerprint density at radius 3 is 2.44 bits per heavy atom. The Kier molecular flexibility index (Phi) is 5.75. The van der Waals surface area contributed by atoms with E-state index in [1.807, 2.05) is 14.1 Å². The Labute approximate surface area is 189 Å². The summed E-state index contributed by atoms with van der Waals surface area (Å²) in [7, 11) is 3.66. The van der Waals surface area contributed by atoms with Gasteiger partial charge >= 0.3 is 0 Å². The Bertz CT molecular complexity index is 1410. The van der Waals surface area contributed by atoms with Crippen molar-refractivity contribution in [1.82, 2.24) is 14.5 Å². The second kappa shape index (κ2) is 8.64. The molecule has 160 valence electrons. The first kappa shape index (κ1) is 21.3. The van der Waals surface area contributed by atoms with Crippen LogP contribution in [0.15, 0.2) is 77.7 Å². The molecule has 0 aliphatic heterocycles. The molecule has 0 fully saturated rings. The first-order valence-electron chi connectivity index (χ1n) is 9.77. The van der Waals surface area contributed by atoms with Crippen LogP contribution in [0.4, 0.5) is 5.69 Å². The highest BCUT2D eigenvalue weighted by atomic mass is 35.5. The smallest absolute Gasteiger partial charge is 0.287 e. The van der Waals surface area contributed by atoms with Gasteiger partial charge in [0.25, 0.3) is 11.2 Å². The number of rotatable bonds is 5. The van der Waals surface area contributed by atoms with Gasteiger partial charge in [0.05, 0.1) is 32.6 Å². The molecule has 1 aromatic heterocycles. The maximum atomic E-state index is 13.5. The summed E-state index contributed by atoms with van der Waals surface area (Å²) < 4.78 is 1.39. The minimum atomic E-state index is -0.446. The summed E-state index contributed by atoms with van der Waals surface area (Å²) in [6.45, 7) is 0. The molecule has 32 heavy (non-hydrogen) atoms. The van der Waals surface area contributed by atoms with E-state index < -0.39 is 4.92 Å². The van der Waals surface area contributed by atoms with Gasteiger partial charge in [0.1, 0.15) is 0 Å². The van der Waals surface area contributed by atoms with Gasteiger partial charge in [0, 0.05) is 19.1 Å². The van der Waals surface area contributed by atoms with Crippen molar-refractivity contribution in [1.29, 1.82) is 0 Å². The fraction of sp³-hybridized carbons (Fsp3) is 0.0833. The molecule has 0 N–H and O–H groups in total. The Morgan fingerprint density at radius 2 is 1.75 bits per heavy atom. The third kappa shape index (κ3) is 3.98. The summed E-state index contributed by atoms with van der Waals surface area (Å²) >= 11 is 6.03. The van der Waals surface area contributed by atoms with E-state index in [2.05, 4.69) is 4.98 Å². The minimum Gasteiger partial charge on any atom is -0.383 e. The topological polar surface area (TPSA) is 81.3 Å². The third-order valence-electron chi connectivity index (χ3n) is 4.90. The lowest BCUT2D eigenvalue weighted by atomic mass is 10.1. The zero-order chi connectivity index (χ0) is 22.8. The summed E-state index contributed by atoms with van der Waals surface area (Å²) in [4.78, 5) is 31.6. The molecule has 0 spiro atoms. The number of halogens is 1. The summed E-state index contributed by atoms with van der Waals surface area (Å²) in [5, 5.41) is 13.1. The number of hydrogen-bond acceptors (Lipinski definition) is 5. The van der Waals surface area contributed by atoms with Crippen LogP contribution in [0, 0.1) is 10.1 Å². The first-order valence-corrected chi connectivity index (χ1v) is 10.1. The van der Waals surface area contributed by atoms with E-state index >= 15 is 0 Å². The van der Waals surface area contributed by atoms with Gasteiger partial charge in [-0.3, -0.25) is 19.5 Å². The standard InChI is InChI=1S/C24H19ClN4O3/c1-27(2)15-14-16-6-5-8-20(22(16)29(31)32)23-26-21-9-4-3-7-19(21)24(30)28(23)18-12-10-17(25)11-13-18/h3-15H,1-2H3. The fourth-order valence-electron chi connectivity index (χ4n) is 3.45. The SMILES string of the molecule is CN(C)C=Cc1cccc(-c2nc3ccccc3c(=O)n2-c2ccc(Cl)cc2)c1[N+](=O)[O-]. The molecule has 0 aliphatic rings. The number of aromatic nitrogens is 2. The highest BCUT2D eigenvalue weighted by Crippen LogP contribution is 2.34. The largest absolute Gasteiger partial charge is 0.383 e. The fourth-order valence-corrected chi connectivity index (χ4v) is 3.58. The van der Waals surface area contributed by atoms with Crippen molar-refractivity contribution in [3.05, 3.63) is 104 Å². The van der Waals surface area contributed by atoms with Gasteiger partial charge in [0.15, 0.2) is 5.82 Å². The number of para-hydroxylation sites is 2. The molecular weight excluding hydrogens is 428 g/mol. The Morgan fingerprint density at radius 1 is 1.03 bits per heavy atom. The van der Waals surface area contributed by atoms with E-state index in [4.69, 9.17) is 11.6 Å². The van der Waals surface area contributed by atoms with Gasteiger partial charge in [-0.2, -0.15) is 0 Å². The van der Waals surface area contributed by atoms with Gasteiger partial charge in [0.2, 0.25) is 0 Å². The molecule has 0 radical (unpaired) electrons.